The van der Waals surface area contributed by atoms with Crippen LogP contribution in [0.15, 0.2) is 0 Å². The molecule has 2 aliphatic carbocycles. The van der Waals surface area contributed by atoms with Crippen LogP contribution in [0, 0.1) is 5.92 Å². The van der Waals surface area contributed by atoms with Gasteiger partial charge in [0.1, 0.15) is 0 Å². The Labute approximate surface area is 128 Å². The number of nitrogens with two attached hydrogens (primary N) is 1. The maximum Gasteiger partial charge on any atom is 0.237 e. The molecular formula is C17H31N3O. The summed E-state index contributed by atoms with van der Waals surface area (Å²) in [6.45, 7) is 4.12. The molecule has 120 valence electrons. The van der Waals surface area contributed by atoms with Crippen LogP contribution in [0.2, 0.25) is 0 Å². The van der Waals surface area contributed by atoms with Crippen molar-refractivity contribution in [3.8, 4) is 0 Å². The molecule has 3 fully saturated rings. The van der Waals surface area contributed by atoms with E-state index in [9.17, 15) is 4.79 Å². The number of likely N-dealkylation sites (tertiary alicyclic amines) is 1. The highest BCUT2D eigenvalue weighted by molar-refractivity contribution is 5.85. The second-order valence-corrected chi connectivity index (χ2v) is 7.37. The van der Waals surface area contributed by atoms with Gasteiger partial charge in [-0.3, -0.25) is 9.69 Å². The van der Waals surface area contributed by atoms with Gasteiger partial charge in [0.05, 0.1) is 5.54 Å². The molecule has 3 aliphatic rings. The van der Waals surface area contributed by atoms with Crippen LogP contribution in [0.5, 0.6) is 0 Å². The monoisotopic (exact) mass is 293 g/mol. The van der Waals surface area contributed by atoms with E-state index in [1.165, 1.54) is 45.1 Å². The van der Waals surface area contributed by atoms with Crippen molar-refractivity contribution in [2.24, 2.45) is 11.7 Å². The maximum atomic E-state index is 12.0. The van der Waals surface area contributed by atoms with E-state index in [4.69, 9.17) is 5.73 Å². The molecule has 2 saturated carbocycles. The van der Waals surface area contributed by atoms with E-state index < -0.39 is 5.54 Å². The van der Waals surface area contributed by atoms with E-state index in [0.717, 1.165) is 37.8 Å². The number of nitrogens with one attached hydrogen (secondary N) is 1. The number of rotatable bonds is 4. The van der Waals surface area contributed by atoms with Gasteiger partial charge in [0.15, 0.2) is 0 Å². The molecule has 3 rings (SSSR count). The quantitative estimate of drug-likeness (QED) is 0.834. The van der Waals surface area contributed by atoms with Gasteiger partial charge in [-0.25, -0.2) is 0 Å². The number of fused-ring (bicyclic) bond motifs is 1. The minimum Gasteiger partial charge on any atom is -0.368 e. The zero-order valence-electron chi connectivity index (χ0n) is 13.4. The van der Waals surface area contributed by atoms with Crippen molar-refractivity contribution in [3.05, 3.63) is 0 Å². The molecule has 0 spiro atoms. The number of piperidine rings is 1. The zero-order chi connectivity index (χ0) is 14.9. The van der Waals surface area contributed by atoms with Crippen LogP contribution >= 0.6 is 0 Å². The smallest absolute Gasteiger partial charge is 0.237 e. The summed E-state index contributed by atoms with van der Waals surface area (Å²) < 4.78 is 0. The Bertz CT molecular complexity index is 384. The molecule has 1 saturated heterocycles. The number of carbonyl (C=O) groups excluding carboxylic acids is 1. The van der Waals surface area contributed by atoms with Gasteiger partial charge in [-0.2, -0.15) is 0 Å². The Kier molecular flexibility index (Phi) is 4.55. The predicted molar refractivity (Wildman–Crippen MR) is 84.9 cm³/mol. The van der Waals surface area contributed by atoms with Gasteiger partial charge in [-0.15, -0.1) is 0 Å². The molecule has 3 N–H and O–H groups in total. The lowest BCUT2D eigenvalue weighted by atomic mass is 9.77. The Hall–Kier alpha value is -0.610. The van der Waals surface area contributed by atoms with Crippen molar-refractivity contribution in [1.29, 1.82) is 0 Å². The molecule has 21 heavy (non-hydrogen) atoms. The third kappa shape index (κ3) is 2.85. The Morgan fingerprint density at radius 3 is 2.76 bits per heavy atom. The minimum absolute atomic E-state index is 0.149. The number of primary amides is 1. The first-order valence-electron chi connectivity index (χ1n) is 8.97. The first-order chi connectivity index (χ1) is 10.2. The zero-order valence-corrected chi connectivity index (χ0v) is 13.4. The lowest BCUT2D eigenvalue weighted by Crippen LogP contribution is -2.56. The fourth-order valence-electron chi connectivity index (χ4n) is 5.23. The van der Waals surface area contributed by atoms with Gasteiger partial charge in [0.25, 0.3) is 0 Å². The van der Waals surface area contributed by atoms with Crippen LogP contribution in [0.4, 0.5) is 0 Å². The molecule has 0 aromatic heterocycles. The largest absolute Gasteiger partial charge is 0.368 e. The number of hydrogen-bond donors (Lipinski definition) is 2. The standard InChI is InChI=1S/C17H31N3O/c1-2-19-17(16(18)21)10-9-14(12-17)20-11-5-7-13-6-3-4-8-15(13)20/h13-15,19H,2-12H2,1H3,(H2,18,21). The molecule has 4 nitrogen and oxygen atoms in total. The van der Waals surface area contributed by atoms with Crippen molar-refractivity contribution in [3.63, 3.8) is 0 Å². The number of hydrogen-bond acceptors (Lipinski definition) is 3. The minimum atomic E-state index is -0.443. The molecule has 0 radical (unpaired) electrons. The van der Waals surface area contributed by atoms with E-state index in [0.29, 0.717) is 6.04 Å². The van der Waals surface area contributed by atoms with Crippen molar-refractivity contribution in [2.75, 3.05) is 13.1 Å². The molecule has 4 unspecified atom stereocenters. The molecular weight excluding hydrogens is 262 g/mol. The fourth-order valence-corrected chi connectivity index (χ4v) is 5.23. The summed E-state index contributed by atoms with van der Waals surface area (Å²) in [5, 5.41) is 3.40. The molecule has 0 aromatic carbocycles. The van der Waals surface area contributed by atoms with Gasteiger partial charge in [0.2, 0.25) is 5.91 Å². The van der Waals surface area contributed by atoms with Crippen LogP contribution < -0.4 is 11.1 Å². The van der Waals surface area contributed by atoms with Crippen LogP contribution in [-0.4, -0.2) is 41.5 Å². The predicted octanol–water partition coefficient (Wildman–Crippen LogP) is 2.03. The lowest BCUT2D eigenvalue weighted by molar-refractivity contribution is -0.124. The summed E-state index contributed by atoms with van der Waals surface area (Å²) in [7, 11) is 0. The first kappa shape index (κ1) is 15.3. The summed E-state index contributed by atoms with van der Waals surface area (Å²) in [5.74, 6) is 0.763. The highest BCUT2D eigenvalue weighted by Gasteiger charge is 2.47. The Morgan fingerprint density at radius 2 is 2.00 bits per heavy atom. The second kappa shape index (κ2) is 6.25. The highest BCUT2D eigenvalue weighted by Crippen LogP contribution is 2.41. The first-order valence-corrected chi connectivity index (χ1v) is 8.97. The van der Waals surface area contributed by atoms with Crippen LogP contribution in [0.3, 0.4) is 0 Å². The SMILES string of the molecule is CCNC1(C(N)=O)CCC(N2CCCC3CCCCC32)C1. The summed E-state index contributed by atoms with van der Waals surface area (Å²) in [4.78, 5) is 14.7. The number of nitrogens with zero attached hydrogens (tertiary/aromatic N) is 1. The van der Waals surface area contributed by atoms with Crippen LogP contribution in [-0.2, 0) is 4.79 Å². The molecule has 0 bridgehead atoms. The average Bonchev–Trinajstić information content (AvgIpc) is 2.92. The van der Waals surface area contributed by atoms with Gasteiger partial charge < -0.3 is 11.1 Å². The van der Waals surface area contributed by atoms with Gasteiger partial charge in [-0.1, -0.05) is 19.8 Å². The van der Waals surface area contributed by atoms with Crippen molar-refractivity contribution >= 4 is 5.91 Å². The van der Waals surface area contributed by atoms with Gasteiger partial charge >= 0.3 is 0 Å². The van der Waals surface area contributed by atoms with E-state index in [-0.39, 0.29) is 5.91 Å². The number of likely N-dealkylation sites (N-methyl/N-ethyl adjacent to an activating group) is 1. The van der Waals surface area contributed by atoms with E-state index in [1.54, 1.807) is 0 Å². The topological polar surface area (TPSA) is 58.4 Å². The van der Waals surface area contributed by atoms with E-state index in [1.807, 2.05) is 0 Å². The maximum absolute atomic E-state index is 12.0. The Balaban J connectivity index is 1.71. The van der Waals surface area contributed by atoms with Gasteiger partial charge in [-0.05, 0) is 64.0 Å². The summed E-state index contributed by atoms with van der Waals surface area (Å²) in [6, 6.07) is 1.34. The third-order valence-electron chi connectivity index (χ3n) is 6.23. The van der Waals surface area contributed by atoms with Crippen molar-refractivity contribution in [1.82, 2.24) is 10.2 Å². The summed E-state index contributed by atoms with van der Waals surface area (Å²) >= 11 is 0. The fraction of sp³-hybridized carbons (Fsp3) is 0.941. The normalized spacial score (nSPS) is 40.9. The van der Waals surface area contributed by atoms with Crippen LogP contribution in [0.25, 0.3) is 0 Å². The molecule has 0 aromatic rings. The summed E-state index contributed by atoms with van der Waals surface area (Å²) in [6.07, 6.45) is 11.3. The number of amides is 1. The average molecular weight is 293 g/mol. The third-order valence-corrected chi connectivity index (χ3v) is 6.23. The molecule has 1 amide bonds. The van der Waals surface area contributed by atoms with E-state index in [2.05, 4.69) is 17.1 Å². The number of carbonyl (C=O) groups is 1. The van der Waals surface area contributed by atoms with Crippen molar-refractivity contribution in [2.45, 2.75) is 82.3 Å². The van der Waals surface area contributed by atoms with Gasteiger partial charge in [0, 0.05) is 12.1 Å². The lowest BCUT2D eigenvalue weighted by Gasteiger charge is -2.47. The van der Waals surface area contributed by atoms with Crippen LogP contribution in [0.1, 0.15) is 64.7 Å². The second-order valence-electron chi connectivity index (χ2n) is 7.37. The molecule has 4 atom stereocenters. The molecule has 1 heterocycles. The Morgan fingerprint density at radius 1 is 1.24 bits per heavy atom. The molecule has 1 aliphatic heterocycles. The van der Waals surface area contributed by atoms with Crippen molar-refractivity contribution < 1.29 is 4.79 Å². The molecule has 4 heteroatoms. The highest BCUT2D eigenvalue weighted by atomic mass is 16.1. The summed E-state index contributed by atoms with van der Waals surface area (Å²) in [5.41, 5.74) is 5.28. The van der Waals surface area contributed by atoms with E-state index >= 15 is 0 Å².